The Balaban J connectivity index is 1.60. The van der Waals surface area contributed by atoms with E-state index in [4.69, 9.17) is 9.47 Å². The molecule has 0 aliphatic heterocycles. The summed E-state index contributed by atoms with van der Waals surface area (Å²) in [5, 5.41) is 0. The Kier molecular flexibility index (Phi) is 10.8. The molecule has 0 N–H and O–H groups in total. The maximum absolute atomic E-state index is 14.0. The van der Waals surface area contributed by atoms with E-state index in [1.807, 2.05) is 137 Å². The Morgan fingerprint density at radius 1 is 0.571 bits per heavy atom. The van der Waals surface area contributed by atoms with Gasteiger partial charge in [-0.2, -0.15) is 0 Å². The lowest BCUT2D eigenvalue weighted by Gasteiger charge is -2.32. The van der Waals surface area contributed by atoms with Crippen molar-refractivity contribution in [2.75, 3.05) is 22.9 Å². The zero-order valence-corrected chi connectivity index (χ0v) is 24.9. The van der Waals surface area contributed by atoms with Gasteiger partial charge in [0.25, 0.3) is 11.8 Å². The highest BCUT2D eigenvalue weighted by Gasteiger charge is 2.30. The zero-order chi connectivity index (χ0) is 29.9. The fourth-order valence-electron chi connectivity index (χ4n) is 4.82. The summed E-state index contributed by atoms with van der Waals surface area (Å²) >= 11 is 0. The topological polar surface area (TPSA) is 59.1 Å². The van der Waals surface area contributed by atoms with Crippen LogP contribution in [0.25, 0.3) is 0 Å². The number of hydrogen-bond acceptors (Lipinski definition) is 4. The van der Waals surface area contributed by atoms with Crippen molar-refractivity contribution in [2.45, 2.75) is 52.7 Å². The maximum Gasteiger partial charge on any atom is 0.268 e. The molecule has 0 heterocycles. The molecular formula is C36H40N2O4. The fraction of sp³-hybridized carbons (Fsp3) is 0.278. The molecule has 4 rings (SSSR count). The van der Waals surface area contributed by atoms with Crippen molar-refractivity contribution in [3.8, 4) is 11.5 Å². The molecule has 218 valence electrons. The first kappa shape index (κ1) is 30.4. The van der Waals surface area contributed by atoms with Crippen LogP contribution in [0, 0.1) is 13.8 Å². The van der Waals surface area contributed by atoms with Crippen LogP contribution in [0.15, 0.2) is 109 Å². The summed E-state index contributed by atoms with van der Waals surface area (Å²) in [6.45, 7) is 8.42. The number of carbonyl (C=O) groups excluding carboxylic acids is 2. The molecular weight excluding hydrogens is 524 g/mol. The minimum Gasteiger partial charge on any atom is -0.481 e. The molecule has 0 aliphatic carbocycles. The number of amides is 2. The number of anilines is 2. The van der Waals surface area contributed by atoms with E-state index in [1.54, 1.807) is 9.80 Å². The van der Waals surface area contributed by atoms with Crippen molar-refractivity contribution < 1.29 is 19.1 Å². The summed E-state index contributed by atoms with van der Waals surface area (Å²) in [6.07, 6.45) is -0.360. The van der Waals surface area contributed by atoms with Crippen molar-refractivity contribution in [1.82, 2.24) is 0 Å². The summed E-state index contributed by atoms with van der Waals surface area (Å²) in [5.41, 5.74) is 3.62. The van der Waals surface area contributed by atoms with Crippen LogP contribution in [0.2, 0.25) is 0 Å². The lowest BCUT2D eigenvalue weighted by atomic mass is 10.1. The van der Waals surface area contributed by atoms with Gasteiger partial charge in [0.05, 0.1) is 0 Å². The highest BCUT2D eigenvalue weighted by molar-refractivity contribution is 5.99. The molecule has 42 heavy (non-hydrogen) atoms. The fourth-order valence-corrected chi connectivity index (χ4v) is 4.82. The SMILES string of the molecule is CCC(Oc1cccc(C)c1)C(=O)N(CCN(C(=O)C(CC)Oc1cccc(C)c1)c1ccccc1)c1ccccc1. The van der Waals surface area contributed by atoms with E-state index in [9.17, 15) is 9.59 Å². The third kappa shape index (κ3) is 8.00. The van der Waals surface area contributed by atoms with Crippen LogP contribution in [-0.2, 0) is 9.59 Å². The second-order valence-corrected chi connectivity index (χ2v) is 10.3. The third-order valence-corrected chi connectivity index (χ3v) is 7.04. The van der Waals surface area contributed by atoms with E-state index >= 15 is 0 Å². The second-order valence-electron chi connectivity index (χ2n) is 10.3. The number of rotatable bonds is 13. The first-order chi connectivity index (χ1) is 20.4. The van der Waals surface area contributed by atoms with Gasteiger partial charge in [-0.1, -0.05) is 74.5 Å². The average Bonchev–Trinajstić information content (AvgIpc) is 3.01. The summed E-state index contributed by atoms with van der Waals surface area (Å²) < 4.78 is 12.4. The molecule has 6 nitrogen and oxygen atoms in total. The molecule has 4 aromatic carbocycles. The number of aryl methyl sites for hydroxylation is 2. The van der Waals surface area contributed by atoms with Crippen molar-refractivity contribution in [2.24, 2.45) is 0 Å². The summed E-state index contributed by atoms with van der Waals surface area (Å²) in [6, 6.07) is 34.5. The van der Waals surface area contributed by atoms with Crippen molar-refractivity contribution in [3.05, 3.63) is 120 Å². The molecule has 0 aliphatic rings. The van der Waals surface area contributed by atoms with Gasteiger partial charge < -0.3 is 19.3 Å². The predicted molar refractivity (Wildman–Crippen MR) is 169 cm³/mol. The molecule has 4 aromatic rings. The Morgan fingerprint density at radius 3 is 1.29 bits per heavy atom. The lowest BCUT2D eigenvalue weighted by Crippen LogP contribution is -2.49. The van der Waals surface area contributed by atoms with Crippen molar-refractivity contribution in [1.29, 1.82) is 0 Å². The molecule has 6 heteroatoms. The minimum atomic E-state index is -0.680. The van der Waals surface area contributed by atoms with Crippen LogP contribution in [0.1, 0.15) is 37.8 Å². The normalized spacial score (nSPS) is 12.2. The van der Waals surface area contributed by atoms with E-state index in [0.29, 0.717) is 24.3 Å². The Bertz CT molecular complexity index is 1330. The predicted octanol–water partition coefficient (Wildman–Crippen LogP) is 7.38. The summed E-state index contributed by atoms with van der Waals surface area (Å²) in [7, 11) is 0. The number of hydrogen-bond donors (Lipinski definition) is 0. The molecule has 0 saturated heterocycles. The minimum absolute atomic E-state index is 0.159. The summed E-state index contributed by atoms with van der Waals surface area (Å²) in [4.78, 5) is 31.5. The molecule has 0 bridgehead atoms. The van der Waals surface area contributed by atoms with Gasteiger partial charge in [0.15, 0.2) is 12.2 Å². The highest BCUT2D eigenvalue weighted by atomic mass is 16.5. The van der Waals surface area contributed by atoms with Gasteiger partial charge in [-0.3, -0.25) is 9.59 Å². The lowest BCUT2D eigenvalue weighted by molar-refractivity contribution is -0.126. The molecule has 2 atom stereocenters. The molecule has 0 fully saturated rings. The first-order valence-corrected chi connectivity index (χ1v) is 14.6. The number of carbonyl (C=O) groups is 2. The van der Waals surface area contributed by atoms with E-state index in [0.717, 1.165) is 22.5 Å². The van der Waals surface area contributed by atoms with Gasteiger partial charge in [0, 0.05) is 24.5 Å². The number of benzene rings is 4. The number of nitrogens with zero attached hydrogens (tertiary/aromatic N) is 2. The van der Waals surface area contributed by atoms with Crippen molar-refractivity contribution >= 4 is 23.2 Å². The van der Waals surface area contributed by atoms with Crippen LogP contribution in [0.4, 0.5) is 11.4 Å². The molecule has 0 spiro atoms. The Morgan fingerprint density at radius 2 is 0.952 bits per heavy atom. The molecule has 0 saturated carbocycles. The third-order valence-electron chi connectivity index (χ3n) is 7.04. The van der Waals surface area contributed by atoms with Crippen LogP contribution >= 0.6 is 0 Å². The van der Waals surface area contributed by atoms with E-state index in [-0.39, 0.29) is 24.9 Å². The largest absolute Gasteiger partial charge is 0.481 e. The molecule has 2 unspecified atom stereocenters. The van der Waals surface area contributed by atoms with E-state index in [1.165, 1.54) is 0 Å². The number of para-hydroxylation sites is 2. The van der Waals surface area contributed by atoms with Gasteiger partial charge in [-0.25, -0.2) is 0 Å². The van der Waals surface area contributed by atoms with Crippen molar-refractivity contribution in [3.63, 3.8) is 0 Å². The van der Waals surface area contributed by atoms with Gasteiger partial charge in [0.2, 0.25) is 0 Å². The van der Waals surface area contributed by atoms with Crippen LogP contribution < -0.4 is 19.3 Å². The smallest absolute Gasteiger partial charge is 0.268 e. The van der Waals surface area contributed by atoms with Gasteiger partial charge in [-0.05, 0) is 86.3 Å². The van der Waals surface area contributed by atoms with Gasteiger partial charge in [0.1, 0.15) is 11.5 Å². The monoisotopic (exact) mass is 564 g/mol. The zero-order valence-electron chi connectivity index (χ0n) is 24.9. The molecule has 2 amide bonds. The average molecular weight is 565 g/mol. The highest BCUT2D eigenvalue weighted by Crippen LogP contribution is 2.23. The van der Waals surface area contributed by atoms with E-state index < -0.39 is 12.2 Å². The molecule has 0 radical (unpaired) electrons. The molecule has 0 aromatic heterocycles. The summed E-state index contributed by atoms with van der Waals surface area (Å²) in [5.74, 6) is 0.995. The first-order valence-electron chi connectivity index (χ1n) is 14.6. The van der Waals surface area contributed by atoms with Crippen LogP contribution in [0.3, 0.4) is 0 Å². The van der Waals surface area contributed by atoms with Gasteiger partial charge >= 0.3 is 0 Å². The standard InChI is InChI=1S/C36H40N2O4/c1-5-33(41-31-21-13-15-27(3)25-31)35(39)37(29-17-9-7-10-18-29)23-24-38(30-19-11-8-12-20-30)36(40)34(6-2)42-32-22-14-16-28(4)26-32/h7-22,25-26,33-34H,5-6,23-24H2,1-4H3. The van der Waals surface area contributed by atoms with E-state index in [2.05, 4.69) is 0 Å². The quantitative estimate of drug-likeness (QED) is 0.170. The Labute approximate surface area is 249 Å². The van der Waals surface area contributed by atoms with Crippen LogP contribution in [0.5, 0.6) is 11.5 Å². The van der Waals surface area contributed by atoms with Gasteiger partial charge in [-0.15, -0.1) is 0 Å². The second kappa shape index (κ2) is 14.9. The maximum atomic E-state index is 14.0. The number of ether oxygens (including phenoxy) is 2. The van der Waals surface area contributed by atoms with Crippen LogP contribution in [-0.4, -0.2) is 37.1 Å². The Hall–Kier alpha value is -4.58.